The quantitative estimate of drug-likeness (QED) is 0.845. The van der Waals surface area contributed by atoms with Gasteiger partial charge >= 0.3 is 0 Å². The molecule has 2 rings (SSSR count). The van der Waals surface area contributed by atoms with Crippen LogP contribution in [0.1, 0.15) is 0 Å². The first-order chi connectivity index (χ1) is 8.19. The molecule has 0 saturated heterocycles. The molecule has 0 radical (unpaired) electrons. The lowest BCUT2D eigenvalue weighted by atomic mass is 10.1. The summed E-state index contributed by atoms with van der Waals surface area (Å²) in [7, 11) is -7.68. The maximum absolute atomic E-state index is 11.4. The van der Waals surface area contributed by atoms with Crippen LogP contribution in [0.5, 0.6) is 0 Å². The average Bonchev–Trinajstić information content (AvgIpc) is 2.25. The van der Waals surface area contributed by atoms with Crippen molar-refractivity contribution in [2.45, 2.75) is 9.79 Å². The van der Waals surface area contributed by atoms with Gasteiger partial charge in [-0.05, 0) is 23.6 Å². The zero-order chi connectivity index (χ0) is 13.6. The van der Waals surface area contributed by atoms with Crippen LogP contribution in [-0.2, 0) is 20.0 Å². The molecule has 0 heterocycles. The molecule has 0 unspecified atom stereocenters. The van der Waals surface area contributed by atoms with Crippen molar-refractivity contribution in [2.75, 3.05) is 6.26 Å². The third kappa shape index (κ3) is 2.38. The Morgan fingerprint density at radius 1 is 1.00 bits per heavy atom. The minimum Gasteiger partial charge on any atom is -0.282 e. The molecule has 1 N–H and O–H groups in total. The van der Waals surface area contributed by atoms with Gasteiger partial charge in [0, 0.05) is 11.6 Å². The summed E-state index contributed by atoms with van der Waals surface area (Å²) >= 11 is 0. The molecule has 0 saturated carbocycles. The molecule has 0 bridgehead atoms. The van der Waals surface area contributed by atoms with E-state index in [0.29, 0.717) is 5.39 Å². The zero-order valence-electron chi connectivity index (χ0n) is 9.36. The standard InChI is InChI=1S/C11H10O5S2/c1-17(12,13)9-5-6-10-8(7-9)3-2-4-11(10)18(14,15)16/h2-7H,1H3,(H,14,15,16). The second-order valence-corrected chi connectivity index (χ2v) is 7.29. The molecule has 0 aliphatic carbocycles. The van der Waals surface area contributed by atoms with Crippen LogP contribution in [0.3, 0.4) is 0 Å². The van der Waals surface area contributed by atoms with E-state index in [1.807, 2.05) is 0 Å². The van der Waals surface area contributed by atoms with Crippen LogP contribution in [0.25, 0.3) is 10.8 Å². The molecule has 18 heavy (non-hydrogen) atoms. The Morgan fingerprint density at radius 2 is 1.67 bits per heavy atom. The fourth-order valence-corrected chi connectivity index (χ4v) is 3.06. The number of sulfone groups is 1. The van der Waals surface area contributed by atoms with Crippen molar-refractivity contribution < 1.29 is 21.4 Å². The van der Waals surface area contributed by atoms with Crippen LogP contribution in [0.15, 0.2) is 46.2 Å². The van der Waals surface area contributed by atoms with Gasteiger partial charge in [-0.15, -0.1) is 0 Å². The van der Waals surface area contributed by atoms with Gasteiger partial charge in [0.25, 0.3) is 10.1 Å². The molecule has 7 heteroatoms. The van der Waals surface area contributed by atoms with Crippen LogP contribution in [0, 0.1) is 0 Å². The van der Waals surface area contributed by atoms with Crippen molar-refractivity contribution in [1.82, 2.24) is 0 Å². The molecule has 0 atom stereocenters. The number of rotatable bonds is 2. The van der Waals surface area contributed by atoms with E-state index in [1.165, 1.54) is 30.3 Å². The van der Waals surface area contributed by atoms with E-state index in [2.05, 4.69) is 0 Å². The summed E-state index contributed by atoms with van der Waals surface area (Å²) in [6.45, 7) is 0. The molecule has 0 aromatic heterocycles. The predicted octanol–water partition coefficient (Wildman–Crippen LogP) is 1.49. The van der Waals surface area contributed by atoms with E-state index in [9.17, 15) is 16.8 Å². The maximum Gasteiger partial charge on any atom is 0.295 e. The number of benzene rings is 2. The Labute approximate surface area is 105 Å². The summed E-state index contributed by atoms with van der Waals surface area (Å²) in [5.74, 6) is 0. The molecule has 96 valence electrons. The second-order valence-electron chi connectivity index (χ2n) is 3.89. The number of hydrogen-bond donors (Lipinski definition) is 1. The SMILES string of the molecule is CS(=O)(=O)c1ccc2c(S(=O)(=O)O)cccc2c1. The molecule has 0 amide bonds. The van der Waals surface area contributed by atoms with Gasteiger partial charge in [0.05, 0.1) is 4.90 Å². The van der Waals surface area contributed by atoms with Gasteiger partial charge in [-0.1, -0.05) is 18.2 Å². The van der Waals surface area contributed by atoms with Gasteiger partial charge < -0.3 is 0 Å². The third-order valence-electron chi connectivity index (χ3n) is 2.52. The molecule has 2 aromatic carbocycles. The number of hydrogen-bond acceptors (Lipinski definition) is 4. The Kier molecular flexibility index (Phi) is 2.92. The average molecular weight is 286 g/mol. The van der Waals surface area contributed by atoms with Crippen molar-refractivity contribution in [3.8, 4) is 0 Å². The van der Waals surface area contributed by atoms with Crippen molar-refractivity contribution >= 4 is 30.7 Å². The van der Waals surface area contributed by atoms with Crippen LogP contribution < -0.4 is 0 Å². The van der Waals surface area contributed by atoms with Crippen molar-refractivity contribution in [3.05, 3.63) is 36.4 Å². The van der Waals surface area contributed by atoms with Gasteiger partial charge in [-0.25, -0.2) is 8.42 Å². The van der Waals surface area contributed by atoms with Gasteiger partial charge in [-0.2, -0.15) is 8.42 Å². The van der Waals surface area contributed by atoms with E-state index >= 15 is 0 Å². The van der Waals surface area contributed by atoms with E-state index in [1.54, 1.807) is 6.07 Å². The fourth-order valence-electron chi connectivity index (χ4n) is 1.69. The van der Waals surface area contributed by atoms with Gasteiger partial charge in [0.15, 0.2) is 9.84 Å². The summed E-state index contributed by atoms with van der Waals surface area (Å²) in [6.07, 6.45) is 1.07. The molecule has 0 spiro atoms. The summed E-state index contributed by atoms with van der Waals surface area (Å²) < 4.78 is 54.2. The second kappa shape index (κ2) is 4.04. The van der Waals surface area contributed by atoms with E-state index in [-0.39, 0.29) is 15.2 Å². The Balaban J connectivity index is 2.85. The highest BCUT2D eigenvalue weighted by atomic mass is 32.2. The predicted molar refractivity (Wildman–Crippen MR) is 66.9 cm³/mol. The largest absolute Gasteiger partial charge is 0.295 e. The lowest BCUT2D eigenvalue weighted by Gasteiger charge is -2.05. The Bertz CT molecular complexity index is 820. The topological polar surface area (TPSA) is 88.5 Å². The Hall–Kier alpha value is -1.44. The summed E-state index contributed by atoms with van der Waals surface area (Å²) in [5, 5.41) is 0.723. The highest BCUT2D eigenvalue weighted by Crippen LogP contribution is 2.25. The highest BCUT2D eigenvalue weighted by molar-refractivity contribution is 7.90. The van der Waals surface area contributed by atoms with Crippen LogP contribution in [0.2, 0.25) is 0 Å². The zero-order valence-corrected chi connectivity index (χ0v) is 11.0. The highest BCUT2D eigenvalue weighted by Gasteiger charge is 2.15. The molecule has 2 aromatic rings. The smallest absolute Gasteiger partial charge is 0.282 e. The monoisotopic (exact) mass is 286 g/mol. The lowest BCUT2D eigenvalue weighted by Crippen LogP contribution is -2.00. The third-order valence-corrected chi connectivity index (χ3v) is 4.54. The van der Waals surface area contributed by atoms with Crippen LogP contribution in [-0.4, -0.2) is 27.6 Å². The molecule has 0 aliphatic rings. The van der Waals surface area contributed by atoms with Gasteiger partial charge in [0.2, 0.25) is 0 Å². The first kappa shape index (κ1) is 13.0. The number of fused-ring (bicyclic) bond motifs is 1. The van der Waals surface area contributed by atoms with Crippen molar-refractivity contribution in [3.63, 3.8) is 0 Å². The molecule has 0 fully saturated rings. The first-order valence-corrected chi connectivity index (χ1v) is 8.23. The van der Waals surface area contributed by atoms with Crippen molar-refractivity contribution in [2.24, 2.45) is 0 Å². The minimum absolute atomic E-state index is 0.0995. The molecule has 0 aliphatic heterocycles. The van der Waals surface area contributed by atoms with Gasteiger partial charge in [-0.3, -0.25) is 4.55 Å². The van der Waals surface area contributed by atoms with Gasteiger partial charge in [0.1, 0.15) is 4.90 Å². The fraction of sp³-hybridized carbons (Fsp3) is 0.0909. The van der Waals surface area contributed by atoms with E-state index in [4.69, 9.17) is 4.55 Å². The molecule has 5 nitrogen and oxygen atoms in total. The summed E-state index contributed by atoms with van der Waals surface area (Å²) in [5.41, 5.74) is 0. The molecular weight excluding hydrogens is 276 g/mol. The molecular formula is C11H10O5S2. The van der Waals surface area contributed by atoms with Crippen molar-refractivity contribution in [1.29, 1.82) is 0 Å². The Morgan fingerprint density at radius 3 is 2.22 bits per heavy atom. The van der Waals surface area contributed by atoms with Crippen LogP contribution in [0.4, 0.5) is 0 Å². The normalized spacial score (nSPS) is 12.8. The summed E-state index contributed by atoms with van der Waals surface area (Å²) in [6, 6.07) is 8.34. The lowest BCUT2D eigenvalue weighted by molar-refractivity contribution is 0.484. The maximum atomic E-state index is 11.4. The van der Waals surface area contributed by atoms with Crippen LogP contribution >= 0.6 is 0 Å². The summed E-state index contributed by atoms with van der Waals surface area (Å²) in [4.78, 5) is -0.137. The minimum atomic E-state index is -4.33. The first-order valence-electron chi connectivity index (χ1n) is 4.90. The van der Waals surface area contributed by atoms with E-state index in [0.717, 1.165) is 6.26 Å². The van der Waals surface area contributed by atoms with E-state index < -0.39 is 20.0 Å².